The molecular formula is C32H42N2O8S2. The van der Waals surface area contributed by atoms with Gasteiger partial charge in [-0.2, -0.15) is 0 Å². The highest BCUT2D eigenvalue weighted by Crippen LogP contribution is 2.41. The van der Waals surface area contributed by atoms with Gasteiger partial charge in [0.25, 0.3) is 0 Å². The maximum absolute atomic E-state index is 12.5. The number of carbonyl (C=O) groups is 4. The third kappa shape index (κ3) is 9.23. The number of hydrogen-bond acceptors (Lipinski definition) is 9. The van der Waals surface area contributed by atoms with Crippen molar-refractivity contribution >= 4 is 58.7 Å². The highest BCUT2D eigenvalue weighted by Gasteiger charge is 2.32. The van der Waals surface area contributed by atoms with E-state index >= 15 is 0 Å². The number of rotatable bonds is 13. The molecule has 2 aromatic carbocycles. The number of methoxy groups -OCH3 is 2. The number of amides is 2. The SMILES string of the molecule is CCOC(=O)c1ccc2c(c1)N(CCCCOC)C(=O)[C@@H](C)S2.COCCCCN1C(=O)[C@@H](C)Sc2ccc(C(=O)O)cc21. The van der Waals surface area contributed by atoms with Gasteiger partial charge in [0.15, 0.2) is 0 Å². The molecule has 2 heterocycles. The quantitative estimate of drug-likeness (QED) is 0.212. The van der Waals surface area contributed by atoms with Gasteiger partial charge in [0.1, 0.15) is 0 Å². The van der Waals surface area contributed by atoms with Crippen molar-refractivity contribution in [3.05, 3.63) is 47.5 Å². The van der Waals surface area contributed by atoms with Crippen LogP contribution < -0.4 is 9.80 Å². The van der Waals surface area contributed by atoms with Crippen LogP contribution in [0.15, 0.2) is 46.2 Å². The van der Waals surface area contributed by atoms with Gasteiger partial charge in [-0.3, -0.25) is 9.59 Å². The zero-order valence-electron chi connectivity index (χ0n) is 26.0. The molecule has 0 saturated carbocycles. The van der Waals surface area contributed by atoms with Gasteiger partial charge in [-0.15, -0.1) is 23.5 Å². The lowest BCUT2D eigenvalue weighted by molar-refractivity contribution is -0.118. The van der Waals surface area contributed by atoms with E-state index in [4.69, 9.17) is 19.3 Å². The van der Waals surface area contributed by atoms with Crippen LogP contribution in [0.5, 0.6) is 0 Å². The van der Waals surface area contributed by atoms with E-state index in [9.17, 15) is 19.2 Å². The number of esters is 1. The molecule has 0 aromatic heterocycles. The van der Waals surface area contributed by atoms with E-state index in [1.807, 2.05) is 19.9 Å². The predicted molar refractivity (Wildman–Crippen MR) is 173 cm³/mol. The van der Waals surface area contributed by atoms with E-state index < -0.39 is 5.97 Å². The standard InChI is InChI=1S/C17H23NO4S.C15H19NO4S/c1-4-22-17(20)13-7-8-15-14(11-13)18(9-5-6-10-21-3)16(19)12(2)23-15;1-10-14(17)16(7-3-4-8-20-2)12-9-11(15(18)19)5-6-13(12)21-10/h7-8,11-12H,4-6,9-10H2,1-3H3;5-6,9-10H,3-4,7-8H2,1-2H3,(H,18,19)/t12-;10-/m11/s1. The Morgan fingerprint density at radius 3 is 1.66 bits per heavy atom. The number of carbonyl (C=O) groups excluding carboxylic acids is 3. The minimum absolute atomic E-state index is 0.0347. The molecular weight excluding hydrogens is 604 g/mol. The summed E-state index contributed by atoms with van der Waals surface area (Å²) < 4.78 is 15.1. The van der Waals surface area contributed by atoms with Crippen molar-refractivity contribution in [2.24, 2.45) is 0 Å². The van der Waals surface area contributed by atoms with E-state index in [2.05, 4.69) is 0 Å². The van der Waals surface area contributed by atoms with Crippen LogP contribution in [0.4, 0.5) is 11.4 Å². The highest BCUT2D eigenvalue weighted by molar-refractivity contribution is 8.01. The van der Waals surface area contributed by atoms with Gasteiger partial charge in [-0.05, 0) is 82.9 Å². The van der Waals surface area contributed by atoms with Crippen molar-refractivity contribution in [3.63, 3.8) is 0 Å². The summed E-state index contributed by atoms with van der Waals surface area (Å²) in [4.78, 5) is 53.4. The number of nitrogens with zero attached hydrogens (tertiary/aromatic N) is 2. The molecule has 0 spiro atoms. The van der Waals surface area contributed by atoms with Crippen molar-refractivity contribution in [2.75, 3.05) is 56.9 Å². The van der Waals surface area contributed by atoms with Crippen molar-refractivity contribution < 1.29 is 38.5 Å². The number of thioether (sulfide) groups is 2. The molecule has 240 valence electrons. The molecule has 2 aromatic rings. The summed E-state index contributed by atoms with van der Waals surface area (Å²) in [5.41, 5.74) is 2.20. The van der Waals surface area contributed by atoms with Gasteiger partial charge in [-0.25, -0.2) is 9.59 Å². The summed E-state index contributed by atoms with van der Waals surface area (Å²) in [6.07, 6.45) is 3.46. The van der Waals surface area contributed by atoms with Gasteiger partial charge in [0.05, 0.1) is 39.6 Å². The molecule has 12 heteroatoms. The number of hydrogen-bond donors (Lipinski definition) is 1. The Balaban J connectivity index is 0.000000241. The number of fused-ring (bicyclic) bond motifs is 2. The fourth-order valence-corrected chi connectivity index (χ4v) is 6.87. The number of aromatic carboxylic acids is 1. The third-order valence-corrected chi connectivity index (χ3v) is 9.36. The molecule has 4 rings (SSSR count). The fourth-order valence-electron chi connectivity index (χ4n) is 4.78. The number of unbranched alkanes of at least 4 members (excludes halogenated alkanes) is 2. The van der Waals surface area contributed by atoms with Gasteiger partial charge in [0.2, 0.25) is 11.8 Å². The third-order valence-electron chi connectivity index (χ3n) is 7.05. The van der Waals surface area contributed by atoms with E-state index in [0.717, 1.165) is 41.2 Å². The number of carboxylic acid groups (broad SMARTS) is 1. The molecule has 10 nitrogen and oxygen atoms in total. The first kappa shape index (κ1) is 35.4. The lowest BCUT2D eigenvalue weighted by atomic mass is 10.1. The van der Waals surface area contributed by atoms with E-state index in [1.54, 1.807) is 61.3 Å². The molecule has 2 amide bonds. The number of carboxylic acids is 1. The van der Waals surface area contributed by atoms with Crippen LogP contribution in [-0.4, -0.2) is 86.5 Å². The highest BCUT2D eigenvalue weighted by atomic mass is 32.2. The summed E-state index contributed by atoms with van der Waals surface area (Å²) in [7, 11) is 3.32. The van der Waals surface area contributed by atoms with Crippen LogP contribution in [-0.2, 0) is 23.8 Å². The smallest absolute Gasteiger partial charge is 0.338 e. The van der Waals surface area contributed by atoms with Crippen LogP contribution in [0, 0.1) is 0 Å². The van der Waals surface area contributed by atoms with Crippen LogP contribution >= 0.6 is 23.5 Å². The molecule has 0 unspecified atom stereocenters. The minimum Gasteiger partial charge on any atom is -0.478 e. The van der Waals surface area contributed by atoms with E-state index in [-0.39, 0.29) is 33.8 Å². The van der Waals surface area contributed by atoms with Crippen LogP contribution in [0.2, 0.25) is 0 Å². The minimum atomic E-state index is -0.979. The molecule has 0 fully saturated rings. The average molecular weight is 647 g/mol. The Labute approximate surface area is 267 Å². The summed E-state index contributed by atoms with van der Waals surface area (Å²) in [5.74, 6) is -1.22. The zero-order chi connectivity index (χ0) is 32.2. The van der Waals surface area contributed by atoms with Crippen molar-refractivity contribution in [2.45, 2.75) is 66.7 Å². The zero-order valence-corrected chi connectivity index (χ0v) is 27.6. The Morgan fingerprint density at radius 1 is 0.773 bits per heavy atom. The molecule has 2 aliphatic heterocycles. The summed E-state index contributed by atoms with van der Waals surface area (Å²) in [6.45, 7) is 8.47. The number of ether oxygens (including phenoxy) is 3. The first-order valence-corrected chi connectivity index (χ1v) is 16.5. The van der Waals surface area contributed by atoms with Crippen molar-refractivity contribution in [1.29, 1.82) is 0 Å². The Morgan fingerprint density at radius 2 is 1.23 bits per heavy atom. The lowest BCUT2D eigenvalue weighted by Crippen LogP contribution is -2.40. The van der Waals surface area contributed by atoms with Gasteiger partial charge in [-0.1, -0.05) is 0 Å². The molecule has 0 saturated heterocycles. The molecule has 2 aliphatic rings. The average Bonchev–Trinajstić information content (AvgIpc) is 3.01. The van der Waals surface area contributed by atoms with Crippen molar-refractivity contribution in [3.8, 4) is 0 Å². The van der Waals surface area contributed by atoms with Gasteiger partial charge < -0.3 is 29.1 Å². The first-order valence-electron chi connectivity index (χ1n) is 14.7. The molecule has 1 N–H and O–H groups in total. The second kappa shape index (κ2) is 17.4. The Kier molecular flexibility index (Phi) is 14.0. The van der Waals surface area contributed by atoms with Gasteiger partial charge >= 0.3 is 11.9 Å². The van der Waals surface area contributed by atoms with E-state index in [0.29, 0.717) is 44.2 Å². The van der Waals surface area contributed by atoms with E-state index in [1.165, 1.54) is 23.5 Å². The van der Waals surface area contributed by atoms with Crippen LogP contribution in [0.25, 0.3) is 0 Å². The number of benzene rings is 2. The van der Waals surface area contributed by atoms with Crippen LogP contribution in [0.3, 0.4) is 0 Å². The maximum atomic E-state index is 12.5. The second-order valence-electron chi connectivity index (χ2n) is 10.3. The normalized spacial score (nSPS) is 17.4. The predicted octanol–water partition coefficient (Wildman–Crippen LogP) is 5.76. The van der Waals surface area contributed by atoms with Gasteiger partial charge in [0, 0.05) is 50.3 Å². The topological polar surface area (TPSA) is 123 Å². The monoisotopic (exact) mass is 646 g/mol. The molecule has 2 atom stereocenters. The summed E-state index contributed by atoms with van der Waals surface area (Å²) in [5, 5.41) is 8.85. The summed E-state index contributed by atoms with van der Waals surface area (Å²) >= 11 is 3.01. The molecule has 0 radical (unpaired) electrons. The first-order chi connectivity index (χ1) is 21.1. The Bertz CT molecular complexity index is 1320. The molecule has 44 heavy (non-hydrogen) atoms. The van der Waals surface area contributed by atoms with Crippen LogP contribution in [0.1, 0.15) is 67.2 Å². The largest absolute Gasteiger partial charge is 0.478 e. The molecule has 0 aliphatic carbocycles. The summed E-state index contributed by atoms with van der Waals surface area (Å²) in [6, 6.07) is 10.4. The molecule has 0 bridgehead atoms. The maximum Gasteiger partial charge on any atom is 0.338 e. The van der Waals surface area contributed by atoms with Crippen molar-refractivity contribution in [1.82, 2.24) is 0 Å². The number of anilines is 2. The second-order valence-corrected chi connectivity index (χ2v) is 13.1. The Hall–Kier alpha value is -3.06. The lowest BCUT2D eigenvalue weighted by Gasteiger charge is -2.32. The fraction of sp³-hybridized carbons (Fsp3) is 0.500.